The molecule has 16 heavy (non-hydrogen) atoms. The van der Waals surface area contributed by atoms with Crippen LogP contribution >= 0.6 is 12.4 Å². The summed E-state index contributed by atoms with van der Waals surface area (Å²) >= 11 is 0. The first-order valence-corrected chi connectivity index (χ1v) is 5.09. The summed E-state index contributed by atoms with van der Waals surface area (Å²) in [4.78, 5) is 4.31. The van der Waals surface area contributed by atoms with Crippen LogP contribution in [0.15, 0.2) is 34.6 Å². The lowest BCUT2D eigenvalue weighted by atomic mass is 9.93. The van der Waals surface area contributed by atoms with Crippen LogP contribution in [-0.2, 0) is 0 Å². The van der Waals surface area contributed by atoms with Gasteiger partial charge >= 0.3 is 0 Å². The molecule has 0 saturated carbocycles. The summed E-state index contributed by atoms with van der Waals surface area (Å²) in [6.07, 6.45) is 2.91. The number of benzene rings is 1. The molecule has 2 heterocycles. The molecule has 0 amide bonds. The Kier molecular flexibility index (Phi) is 2.64. The smallest absolute Gasteiger partial charge is 0.117 e. The van der Waals surface area contributed by atoms with Gasteiger partial charge in [-0.2, -0.15) is 0 Å². The Morgan fingerprint density at radius 3 is 3.06 bits per heavy atom. The third-order valence-electron chi connectivity index (χ3n) is 3.05. The molecule has 3 rings (SSSR count). The van der Waals surface area contributed by atoms with E-state index in [0.717, 1.165) is 17.8 Å². The third-order valence-corrected chi connectivity index (χ3v) is 3.05. The fourth-order valence-corrected chi connectivity index (χ4v) is 2.30. The number of anilines is 1. The number of nitrogens with one attached hydrogen (secondary N) is 1. The molecule has 2 aliphatic rings. The molecule has 84 valence electrons. The fourth-order valence-electron chi connectivity index (χ4n) is 2.30. The van der Waals surface area contributed by atoms with Crippen molar-refractivity contribution in [1.82, 2.24) is 0 Å². The van der Waals surface area contributed by atoms with Crippen molar-refractivity contribution >= 4 is 24.3 Å². The molecule has 0 spiro atoms. The minimum atomic E-state index is 0. The number of hydrogen-bond donors (Lipinski definition) is 2. The Labute approximate surface area is 100 Å². The Morgan fingerprint density at radius 1 is 1.44 bits per heavy atom. The highest BCUT2D eigenvalue weighted by atomic mass is 35.5. The number of allylic oxidation sites excluding steroid dienone is 2. The molecule has 2 N–H and O–H groups in total. The van der Waals surface area contributed by atoms with Gasteiger partial charge in [0.25, 0.3) is 0 Å². The number of phenolic OH excluding ortho intramolecular Hbond substituents is 1. The molecule has 1 aromatic rings. The van der Waals surface area contributed by atoms with E-state index in [9.17, 15) is 5.11 Å². The summed E-state index contributed by atoms with van der Waals surface area (Å²) in [6.45, 7) is 2.01. The second-order valence-electron chi connectivity index (χ2n) is 4.00. The van der Waals surface area contributed by atoms with Crippen LogP contribution in [0.2, 0.25) is 0 Å². The van der Waals surface area contributed by atoms with Gasteiger partial charge in [0.05, 0.1) is 5.70 Å². The maximum atomic E-state index is 9.41. The summed E-state index contributed by atoms with van der Waals surface area (Å²) < 4.78 is 0. The van der Waals surface area contributed by atoms with E-state index in [1.54, 1.807) is 12.1 Å². The lowest BCUT2D eigenvalue weighted by molar-refractivity contribution is 0.475. The third kappa shape index (κ3) is 1.48. The Balaban J connectivity index is 0.000000963. The first-order valence-electron chi connectivity index (χ1n) is 5.09. The number of aromatic hydroxyl groups is 1. The summed E-state index contributed by atoms with van der Waals surface area (Å²) in [7, 11) is 0. The molecule has 0 saturated heterocycles. The maximum Gasteiger partial charge on any atom is 0.117 e. The van der Waals surface area contributed by atoms with Gasteiger partial charge in [-0.3, -0.25) is 4.99 Å². The van der Waals surface area contributed by atoms with Crippen molar-refractivity contribution < 1.29 is 5.11 Å². The molecule has 0 fully saturated rings. The van der Waals surface area contributed by atoms with Gasteiger partial charge in [-0.15, -0.1) is 12.4 Å². The molecule has 3 nitrogen and oxygen atoms in total. The number of fused-ring (bicyclic) bond motifs is 3. The van der Waals surface area contributed by atoms with E-state index in [-0.39, 0.29) is 12.4 Å². The lowest BCUT2D eigenvalue weighted by Gasteiger charge is -2.15. The number of phenols is 1. The minimum Gasteiger partial charge on any atom is -0.508 e. The van der Waals surface area contributed by atoms with E-state index >= 15 is 0 Å². The van der Waals surface area contributed by atoms with Crippen molar-refractivity contribution in [2.24, 2.45) is 4.99 Å². The van der Waals surface area contributed by atoms with Crippen LogP contribution in [0.4, 0.5) is 5.69 Å². The van der Waals surface area contributed by atoms with E-state index < -0.39 is 0 Å². The lowest BCUT2D eigenvalue weighted by Crippen LogP contribution is -2.07. The number of halogens is 1. The molecule has 1 unspecified atom stereocenters. The molecular formula is C12H13ClN2O. The molecule has 1 aromatic carbocycles. The summed E-state index contributed by atoms with van der Waals surface area (Å²) in [5, 5.41) is 12.7. The first-order chi connectivity index (χ1) is 7.25. The fraction of sp³-hybridized carbons (Fsp3) is 0.250. The van der Waals surface area contributed by atoms with E-state index in [4.69, 9.17) is 0 Å². The van der Waals surface area contributed by atoms with E-state index in [0.29, 0.717) is 11.7 Å². The van der Waals surface area contributed by atoms with Crippen LogP contribution in [0.25, 0.3) is 0 Å². The van der Waals surface area contributed by atoms with Gasteiger partial charge in [0.1, 0.15) is 5.75 Å². The summed E-state index contributed by atoms with van der Waals surface area (Å²) in [5.41, 5.74) is 4.49. The van der Waals surface area contributed by atoms with Gasteiger partial charge in [-0.25, -0.2) is 0 Å². The standard InChI is InChI=1S/C12H12N2O.ClH/c1-7-12-10(4-5-13-7)9-3-2-8(15)6-11(9)14-12;/h2-3,5-6,10,14-15H,4H2,1H3;1H. The van der Waals surface area contributed by atoms with Crippen molar-refractivity contribution in [3.63, 3.8) is 0 Å². The van der Waals surface area contributed by atoms with Crippen LogP contribution in [0.1, 0.15) is 24.8 Å². The van der Waals surface area contributed by atoms with E-state index in [1.165, 1.54) is 11.3 Å². The quantitative estimate of drug-likeness (QED) is 0.727. The zero-order valence-electron chi connectivity index (χ0n) is 8.90. The predicted molar refractivity (Wildman–Crippen MR) is 67.5 cm³/mol. The molecule has 0 aliphatic carbocycles. The number of rotatable bonds is 0. The van der Waals surface area contributed by atoms with Gasteiger partial charge in [0.15, 0.2) is 0 Å². The Bertz CT molecular complexity index is 494. The molecule has 0 radical (unpaired) electrons. The van der Waals surface area contributed by atoms with Gasteiger partial charge in [0, 0.05) is 29.6 Å². The SMILES string of the molecule is CC1=C2Nc3cc(O)ccc3C2CC=N1.Cl. The second kappa shape index (κ2) is 3.83. The maximum absolute atomic E-state index is 9.41. The van der Waals surface area contributed by atoms with Crippen LogP contribution in [0.5, 0.6) is 5.75 Å². The Morgan fingerprint density at radius 2 is 2.25 bits per heavy atom. The van der Waals surface area contributed by atoms with Gasteiger partial charge in [-0.05, 0) is 25.0 Å². The normalized spacial score (nSPS) is 20.9. The zero-order chi connectivity index (χ0) is 10.4. The van der Waals surface area contributed by atoms with Crippen molar-refractivity contribution in [2.45, 2.75) is 19.3 Å². The minimum absolute atomic E-state index is 0. The van der Waals surface area contributed by atoms with E-state index in [2.05, 4.69) is 10.3 Å². The highest BCUT2D eigenvalue weighted by molar-refractivity contribution is 5.85. The van der Waals surface area contributed by atoms with Crippen molar-refractivity contribution in [1.29, 1.82) is 0 Å². The zero-order valence-corrected chi connectivity index (χ0v) is 9.71. The van der Waals surface area contributed by atoms with Crippen molar-refractivity contribution in [2.75, 3.05) is 5.32 Å². The van der Waals surface area contributed by atoms with Crippen molar-refractivity contribution in [3.05, 3.63) is 35.2 Å². The first kappa shape index (κ1) is 11.0. The predicted octanol–water partition coefficient (Wildman–Crippen LogP) is 3.03. The second-order valence-corrected chi connectivity index (χ2v) is 4.00. The summed E-state index contributed by atoms with van der Waals surface area (Å²) in [5.74, 6) is 0.706. The largest absolute Gasteiger partial charge is 0.508 e. The number of nitrogens with zero attached hydrogens (tertiary/aromatic N) is 1. The highest BCUT2D eigenvalue weighted by Gasteiger charge is 2.29. The molecule has 4 heteroatoms. The molecule has 2 aliphatic heterocycles. The van der Waals surface area contributed by atoms with Gasteiger partial charge < -0.3 is 10.4 Å². The van der Waals surface area contributed by atoms with E-state index in [1.807, 2.05) is 19.2 Å². The highest BCUT2D eigenvalue weighted by Crippen LogP contribution is 2.44. The van der Waals surface area contributed by atoms with Crippen molar-refractivity contribution in [3.8, 4) is 5.75 Å². The van der Waals surface area contributed by atoms with Gasteiger partial charge in [-0.1, -0.05) is 6.07 Å². The molecule has 0 aromatic heterocycles. The van der Waals surface area contributed by atoms with Crippen LogP contribution in [0, 0.1) is 0 Å². The topological polar surface area (TPSA) is 44.6 Å². The van der Waals surface area contributed by atoms with Gasteiger partial charge in [0.2, 0.25) is 0 Å². The summed E-state index contributed by atoms with van der Waals surface area (Å²) in [6, 6.07) is 5.50. The van der Waals surface area contributed by atoms with Crippen LogP contribution < -0.4 is 5.32 Å². The average Bonchev–Trinajstić information content (AvgIpc) is 2.57. The molecular weight excluding hydrogens is 224 g/mol. The number of hydrogen-bond acceptors (Lipinski definition) is 3. The molecule has 0 bridgehead atoms. The number of aliphatic imine (C=N–C) groups is 1. The monoisotopic (exact) mass is 236 g/mol. The average molecular weight is 237 g/mol. The Hall–Kier alpha value is -1.48. The van der Waals surface area contributed by atoms with Crippen LogP contribution in [0.3, 0.4) is 0 Å². The van der Waals surface area contributed by atoms with Crippen LogP contribution in [-0.4, -0.2) is 11.3 Å². The molecule has 1 atom stereocenters.